The standard InChI is InChI=1S/C28H41NO4/c1-18-4-6-22-21(10-13-29-16-19-5-7-24-25(14-19)33-17-32-24)23(9-12-27(18,22)2)28(3)11-8-20(30)15-26(28)31/h5,7,14,20-23,26,29-31H,1,4,6,8-13,15-17H2,2-3H3/t20?,21-,22-,23-,26?,27+,28?/m0/s1. The third-order valence-electron chi connectivity index (χ3n) is 9.93. The number of benzene rings is 1. The highest BCUT2D eigenvalue weighted by molar-refractivity contribution is 5.44. The molecule has 0 radical (unpaired) electrons. The number of ether oxygens (including phenoxy) is 2. The highest BCUT2D eigenvalue weighted by atomic mass is 16.7. The van der Waals surface area contributed by atoms with Gasteiger partial charge in [-0.05, 0) is 104 Å². The van der Waals surface area contributed by atoms with Crippen molar-refractivity contribution < 1.29 is 19.7 Å². The first-order chi connectivity index (χ1) is 15.8. The first-order valence-electron chi connectivity index (χ1n) is 12.9. The van der Waals surface area contributed by atoms with Crippen molar-refractivity contribution in [3.63, 3.8) is 0 Å². The number of hydrogen-bond donors (Lipinski definition) is 3. The second kappa shape index (κ2) is 8.90. The molecule has 0 amide bonds. The Balaban J connectivity index is 1.28. The number of allylic oxidation sites excluding steroid dienone is 1. The molecule has 0 bridgehead atoms. The Morgan fingerprint density at radius 1 is 1.06 bits per heavy atom. The molecule has 1 heterocycles. The summed E-state index contributed by atoms with van der Waals surface area (Å²) in [6, 6.07) is 6.17. The van der Waals surface area contributed by atoms with Crippen molar-refractivity contribution in [3.8, 4) is 11.5 Å². The van der Waals surface area contributed by atoms with Crippen molar-refractivity contribution >= 4 is 0 Å². The molecule has 3 saturated carbocycles. The van der Waals surface area contributed by atoms with Crippen LogP contribution in [0.2, 0.25) is 0 Å². The summed E-state index contributed by atoms with van der Waals surface area (Å²) >= 11 is 0. The second-order valence-electron chi connectivity index (χ2n) is 11.6. The van der Waals surface area contributed by atoms with Crippen LogP contribution in [0, 0.1) is 28.6 Å². The van der Waals surface area contributed by atoms with Crippen LogP contribution in [0.3, 0.4) is 0 Å². The Labute approximate surface area is 198 Å². The molecule has 3 fully saturated rings. The van der Waals surface area contributed by atoms with E-state index >= 15 is 0 Å². The predicted octanol–water partition coefficient (Wildman–Crippen LogP) is 4.81. The number of nitrogens with one attached hydrogen (secondary N) is 1. The van der Waals surface area contributed by atoms with Gasteiger partial charge in [0.25, 0.3) is 0 Å². The van der Waals surface area contributed by atoms with E-state index in [4.69, 9.17) is 9.47 Å². The van der Waals surface area contributed by atoms with E-state index in [1.807, 2.05) is 6.07 Å². The molecule has 7 atom stereocenters. The average Bonchev–Trinajstić information content (AvgIpc) is 3.38. The molecule has 33 heavy (non-hydrogen) atoms. The van der Waals surface area contributed by atoms with Crippen molar-refractivity contribution in [1.29, 1.82) is 0 Å². The monoisotopic (exact) mass is 455 g/mol. The van der Waals surface area contributed by atoms with Gasteiger partial charge in [0.2, 0.25) is 6.79 Å². The summed E-state index contributed by atoms with van der Waals surface area (Å²) in [5, 5.41) is 24.9. The van der Waals surface area contributed by atoms with E-state index in [1.54, 1.807) is 0 Å². The maximum absolute atomic E-state index is 11.1. The van der Waals surface area contributed by atoms with Crippen molar-refractivity contribution in [2.75, 3.05) is 13.3 Å². The molecule has 4 aliphatic rings. The van der Waals surface area contributed by atoms with Gasteiger partial charge >= 0.3 is 0 Å². The minimum Gasteiger partial charge on any atom is -0.454 e. The lowest BCUT2D eigenvalue weighted by atomic mass is 9.50. The van der Waals surface area contributed by atoms with E-state index < -0.39 is 6.10 Å². The predicted molar refractivity (Wildman–Crippen MR) is 129 cm³/mol. The van der Waals surface area contributed by atoms with Gasteiger partial charge in [0.1, 0.15) is 0 Å². The summed E-state index contributed by atoms with van der Waals surface area (Å²) < 4.78 is 10.9. The molecule has 1 aliphatic heterocycles. The third kappa shape index (κ3) is 4.11. The summed E-state index contributed by atoms with van der Waals surface area (Å²) in [5.74, 6) is 3.38. The van der Waals surface area contributed by atoms with E-state index in [0.29, 0.717) is 31.0 Å². The Morgan fingerprint density at radius 2 is 1.88 bits per heavy atom. The molecule has 5 heteroatoms. The topological polar surface area (TPSA) is 71.0 Å². The molecule has 3 aliphatic carbocycles. The van der Waals surface area contributed by atoms with Gasteiger partial charge in [-0.1, -0.05) is 32.1 Å². The number of rotatable bonds is 6. The Kier molecular flexibility index (Phi) is 6.26. The smallest absolute Gasteiger partial charge is 0.231 e. The van der Waals surface area contributed by atoms with Gasteiger partial charge < -0.3 is 25.0 Å². The maximum atomic E-state index is 11.1. The van der Waals surface area contributed by atoms with Crippen molar-refractivity contribution in [1.82, 2.24) is 5.32 Å². The van der Waals surface area contributed by atoms with E-state index in [9.17, 15) is 10.2 Å². The van der Waals surface area contributed by atoms with E-state index in [0.717, 1.165) is 56.7 Å². The number of aliphatic hydroxyl groups is 2. The molecule has 1 aromatic rings. The summed E-state index contributed by atoms with van der Waals surface area (Å²) in [7, 11) is 0. The normalized spacial score (nSPS) is 40.1. The molecular weight excluding hydrogens is 414 g/mol. The first kappa shape index (κ1) is 23.2. The van der Waals surface area contributed by atoms with Crippen LogP contribution in [-0.2, 0) is 6.54 Å². The van der Waals surface area contributed by atoms with Crippen LogP contribution < -0.4 is 14.8 Å². The lowest BCUT2D eigenvalue weighted by Crippen LogP contribution is -2.52. The summed E-state index contributed by atoms with van der Waals surface area (Å²) in [4.78, 5) is 0. The van der Waals surface area contributed by atoms with Gasteiger partial charge in [-0.3, -0.25) is 0 Å². The van der Waals surface area contributed by atoms with Crippen molar-refractivity contribution in [2.45, 2.75) is 84.0 Å². The zero-order chi connectivity index (χ0) is 23.2. The van der Waals surface area contributed by atoms with E-state index in [2.05, 4.69) is 37.9 Å². The second-order valence-corrected chi connectivity index (χ2v) is 11.6. The van der Waals surface area contributed by atoms with Gasteiger partial charge in [0, 0.05) is 6.54 Å². The highest BCUT2D eigenvalue weighted by Crippen LogP contribution is 2.63. The van der Waals surface area contributed by atoms with Crippen LogP contribution in [0.1, 0.15) is 70.8 Å². The van der Waals surface area contributed by atoms with Crippen LogP contribution >= 0.6 is 0 Å². The molecule has 1 aromatic carbocycles. The van der Waals surface area contributed by atoms with Gasteiger partial charge in [0.15, 0.2) is 11.5 Å². The van der Waals surface area contributed by atoms with Crippen molar-refractivity contribution in [2.24, 2.45) is 28.6 Å². The van der Waals surface area contributed by atoms with E-state index in [-0.39, 0.29) is 16.9 Å². The quantitative estimate of drug-likeness (QED) is 0.424. The third-order valence-corrected chi connectivity index (χ3v) is 9.93. The molecule has 3 N–H and O–H groups in total. The molecule has 182 valence electrons. The molecule has 0 aromatic heterocycles. The van der Waals surface area contributed by atoms with Gasteiger partial charge in [-0.15, -0.1) is 0 Å². The first-order valence-corrected chi connectivity index (χ1v) is 12.9. The number of fused-ring (bicyclic) bond motifs is 2. The fourth-order valence-corrected chi connectivity index (χ4v) is 7.69. The zero-order valence-corrected chi connectivity index (χ0v) is 20.3. The zero-order valence-electron chi connectivity index (χ0n) is 20.3. The van der Waals surface area contributed by atoms with Crippen LogP contribution in [0.4, 0.5) is 0 Å². The summed E-state index contributed by atoms with van der Waals surface area (Å²) in [6.45, 7) is 11.3. The van der Waals surface area contributed by atoms with E-state index in [1.165, 1.54) is 24.0 Å². The maximum Gasteiger partial charge on any atom is 0.231 e. The Morgan fingerprint density at radius 3 is 2.70 bits per heavy atom. The Hall–Kier alpha value is -1.56. The molecule has 0 spiro atoms. The minimum atomic E-state index is -0.413. The van der Waals surface area contributed by atoms with Gasteiger partial charge in [0.05, 0.1) is 12.2 Å². The lowest BCUT2D eigenvalue weighted by Gasteiger charge is -2.55. The molecule has 0 saturated heterocycles. The molecule has 5 rings (SSSR count). The van der Waals surface area contributed by atoms with Gasteiger partial charge in [-0.25, -0.2) is 0 Å². The fourth-order valence-electron chi connectivity index (χ4n) is 7.69. The average molecular weight is 456 g/mol. The molecule has 5 nitrogen and oxygen atoms in total. The van der Waals surface area contributed by atoms with Crippen LogP contribution in [0.5, 0.6) is 11.5 Å². The van der Waals surface area contributed by atoms with Crippen LogP contribution in [-0.4, -0.2) is 35.8 Å². The highest BCUT2D eigenvalue weighted by Gasteiger charge is 2.56. The fraction of sp³-hybridized carbons (Fsp3) is 0.714. The van der Waals surface area contributed by atoms with Crippen LogP contribution in [0.15, 0.2) is 30.4 Å². The number of aliphatic hydroxyl groups excluding tert-OH is 2. The van der Waals surface area contributed by atoms with Gasteiger partial charge in [-0.2, -0.15) is 0 Å². The van der Waals surface area contributed by atoms with Crippen LogP contribution in [0.25, 0.3) is 0 Å². The Bertz CT molecular complexity index is 887. The summed E-state index contributed by atoms with van der Waals surface area (Å²) in [6.07, 6.45) is 7.33. The van der Waals surface area contributed by atoms with Crippen molar-refractivity contribution in [3.05, 3.63) is 35.9 Å². The largest absolute Gasteiger partial charge is 0.454 e. The minimum absolute atomic E-state index is 0.105. The number of hydrogen-bond acceptors (Lipinski definition) is 5. The molecular formula is C28H41NO4. The summed E-state index contributed by atoms with van der Waals surface area (Å²) in [5.41, 5.74) is 2.79. The molecule has 3 unspecified atom stereocenters. The lowest BCUT2D eigenvalue weighted by molar-refractivity contribution is -0.120. The SMILES string of the molecule is C=C1CC[C@H]2[C@H](CCNCc3ccc4c(c3)OCO4)[C@@H](C3(C)CCC(O)CC3O)CC[C@]12C.